The third-order valence-corrected chi connectivity index (χ3v) is 2.59. The van der Waals surface area contributed by atoms with E-state index in [1.54, 1.807) is 7.11 Å². The molecule has 2 rings (SSSR count). The zero-order valence-electron chi connectivity index (χ0n) is 8.75. The van der Waals surface area contributed by atoms with Crippen LogP contribution in [0.3, 0.4) is 0 Å². The molecule has 1 aromatic rings. The zero-order valence-corrected chi connectivity index (χ0v) is 8.75. The summed E-state index contributed by atoms with van der Waals surface area (Å²) in [5.41, 5.74) is 2.50. The second kappa shape index (κ2) is 4.01. The van der Waals surface area contributed by atoms with E-state index >= 15 is 0 Å². The lowest BCUT2D eigenvalue weighted by atomic mass is 10.0. The van der Waals surface area contributed by atoms with Crippen LogP contribution in [0.1, 0.15) is 24.5 Å². The van der Waals surface area contributed by atoms with Crippen LogP contribution < -0.4 is 4.74 Å². The number of benzene rings is 1. The van der Waals surface area contributed by atoms with Crippen LogP contribution in [0.2, 0.25) is 0 Å². The van der Waals surface area contributed by atoms with Crippen LogP contribution in [0.25, 0.3) is 0 Å². The van der Waals surface area contributed by atoms with E-state index in [0.29, 0.717) is 12.7 Å². The van der Waals surface area contributed by atoms with Crippen molar-refractivity contribution in [2.45, 2.75) is 32.5 Å². The molecular formula is C12H16O2. The highest BCUT2D eigenvalue weighted by molar-refractivity contribution is 5.38. The molecule has 0 spiro atoms. The summed E-state index contributed by atoms with van der Waals surface area (Å²) in [4.78, 5) is 0. The molecular weight excluding hydrogens is 176 g/mol. The Morgan fingerprint density at radius 2 is 2.36 bits per heavy atom. The van der Waals surface area contributed by atoms with Gasteiger partial charge in [-0.1, -0.05) is 12.1 Å². The summed E-state index contributed by atoms with van der Waals surface area (Å²) in [5.74, 6) is 1.04. The zero-order chi connectivity index (χ0) is 9.97. The summed E-state index contributed by atoms with van der Waals surface area (Å²) < 4.78 is 10.9. The van der Waals surface area contributed by atoms with Crippen LogP contribution in [-0.2, 0) is 17.8 Å². The van der Waals surface area contributed by atoms with E-state index in [-0.39, 0.29) is 0 Å². The molecule has 1 heterocycles. The number of fused-ring (bicyclic) bond motifs is 1. The van der Waals surface area contributed by atoms with Gasteiger partial charge in [-0.25, -0.2) is 0 Å². The molecule has 1 aliphatic heterocycles. The Morgan fingerprint density at radius 3 is 3.14 bits per heavy atom. The van der Waals surface area contributed by atoms with E-state index < -0.39 is 0 Å². The highest BCUT2D eigenvalue weighted by atomic mass is 16.5. The molecule has 0 fully saturated rings. The first-order chi connectivity index (χ1) is 6.79. The summed E-state index contributed by atoms with van der Waals surface area (Å²) in [6.07, 6.45) is 2.60. The van der Waals surface area contributed by atoms with Crippen molar-refractivity contribution >= 4 is 0 Å². The van der Waals surface area contributed by atoms with E-state index in [9.17, 15) is 0 Å². The van der Waals surface area contributed by atoms with Gasteiger partial charge in [-0.05, 0) is 37.0 Å². The van der Waals surface area contributed by atoms with Crippen LogP contribution >= 0.6 is 0 Å². The first kappa shape index (κ1) is 9.53. The molecule has 2 heteroatoms. The fraction of sp³-hybridized carbons (Fsp3) is 0.500. The van der Waals surface area contributed by atoms with Crippen molar-refractivity contribution in [1.29, 1.82) is 0 Å². The molecule has 1 unspecified atom stereocenters. The quantitative estimate of drug-likeness (QED) is 0.717. The number of rotatable bonds is 2. The minimum Gasteiger partial charge on any atom is -0.490 e. The lowest BCUT2D eigenvalue weighted by molar-refractivity contribution is 0.179. The number of hydrogen-bond donors (Lipinski definition) is 0. The molecule has 1 aliphatic rings. The van der Waals surface area contributed by atoms with Crippen molar-refractivity contribution < 1.29 is 9.47 Å². The molecule has 0 saturated heterocycles. The minimum atomic E-state index is 0.347. The van der Waals surface area contributed by atoms with Gasteiger partial charge in [0.15, 0.2) is 0 Å². The average molecular weight is 192 g/mol. The normalized spacial score (nSPS) is 20.0. The van der Waals surface area contributed by atoms with Crippen LogP contribution in [0.15, 0.2) is 18.2 Å². The maximum absolute atomic E-state index is 5.76. The first-order valence-electron chi connectivity index (χ1n) is 5.07. The largest absolute Gasteiger partial charge is 0.490 e. The summed E-state index contributed by atoms with van der Waals surface area (Å²) in [6.45, 7) is 2.77. The minimum absolute atomic E-state index is 0.347. The molecule has 0 saturated carbocycles. The maximum atomic E-state index is 5.76. The Hall–Kier alpha value is -1.02. The van der Waals surface area contributed by atoms with Gasteiger partial charge >= 0.3 is 0 Å². The number of ether oxygens (including phenoxy) is 2. The lowest BCUT2D eigenvalue weighted by Gasteiger charge is -2.23. The van der Waals surface area contributed by atoms with Gasteiger partial charge in [-0.15, -0.1) is 0 Å². The van der Waals surface area contributed by atoms with E-state index in [0.717, 1.165) is 18.6 Å². The average Bonchev–Trinajstić information content (AvgIpc) is 2.17. The van der Waals surface area contributed by atoms with Gasteiger partial charge in [0.1, 0.15) is 5.75 Å². The number of methoxy groups -OCH3 is 1. The van der Waals surface area contributed by atoms with Gasteiger partial charge in [0.25, 0.3) is 0 Å². The smallest absolute Gasteiger partial charge is 0.123 e. The van der Waals surface area contributed by atoms with Crippen LogP contribution in [0.4, 0.5) is 0 Å². The molecule has 0 aliphatic carbocycles. The molecule has 0 radical (unpaired) electrons. The molecule has 0 N–H and O–H groups in total. The SMILES string of the molecule is COCc1ccc2c(c1)OC(C)CC2. The predicted octanol–water partition coefficient (Wildman–Crippen LogP) is 2.55. The van der Waals surface area contributed by atoms with E-state index in [2.05, 4.69) is 25.1 Å². The molecule has 1 aromatic carbocycles. The van der Waals surface area contributed by atoms with E-state index in [1.165, 1.54) is 11.1 Å². The van der Waals surface area contributed by atoms with Gasteiger partial charge < -0.3 is 9.47 Å². The second-order valence-electron chi connectivity index (χ2n) is 3.84. The van der Waals surface area contributed by atoms with Gasteiger partial charge in [0, 0.05) is 7.11 Å². The molecule has 0 bridgehead atoms. The number of aryl methyl sites for hydroxylation is 1. The molecule has 1 atom stereocenters. The molecule has 76 valence electrons. The molecule has 0 aromatic heterocycles. The summed E-state index contributed by atoms with van der Waals surface area (Å²) in [6, 6.07) is 6.35. The van der Waals surface area contributed by atoms with Gasteiger partial charge in [-0.3, -0.25) is 0 Å². The van der Waals surface area contributed by atoms with Crippen LogP contribution in [0.5, 0.6) is 5.75 Å². The Bertz CT molecular complexity index is 320. The van der Waals surface area contributed by atoms with Gasteiger partial charge in [0.2, 0.25) is 0 Å². The Balaban J connectivity index is 2.24. The lowest BCUT2D eigenvalue weighted by Crippen LogP contribution is -2.18. The van der Waals surface area contributed by atoms with Gasteiger partial charge in [-0.2, -0.15) is 0 Å². The molecule has 14 heavy (non-hydrogen) atoms. The molecule has 2 nitrogen and oxygen atoms in total. The predicted molar refractivity (Wildman–Crippen MR) is 55.6 cm³/mol. The third-order valence-electron chi connectivity index (χ3n) is 2.59. The topological polar surface area (TPSA) is 18.5 Å². The van der Waals surface area contributed by atoms with Crippen molar-refractivity contribution in [1.82, 2.24) is 0 Å². The Morgan fingerprint density at radius 1 is 1.50 bits per heavy atom. The van der Waals surface area contributed by atoms with Crippen molar-refractivity contribution in [3.05, 3.63) is 29.3 Å². The maximum Gasteiger partial charge on any atom is 0.123 e. The summed E-state index contributed by atoms with van der Waals surface area (Å²) in [7, 11) is 1.71. The fourth-order valence-corrected chi connectivity index (χ4v) is 1.81. The fourth-order valence-electron chi connectivity index (χ4n) is 1.81. The number of hydrogen-bond acceptors (Lipinski definition) is 2. The van der Waals surface area contributed by atoms with Crippen molar-refractivity contribution in [3.63, 3.8) is 0 Å². The second-order valence-corrected chi connectivity index (χ2v) is 3.84. The van der Waals surface area contributed by atoms with E-state index in [4.69, 9.17) is 9.47 Å². The molecule has 0 amide bonds. The van der Waals surface area contributed by atoms with Gasteiger partial charge in [0.05, 0.1) is 12.7 Å². The monoisotopic (exact) mass is 192 g/mol. The van der Waals surface area contributed by atoms with Crippen molar-refractivity contribution in [2.75, 3.05) is 7.11 Å². The van der Waals surface area contributed by atoms with Crippen LogP contribution in [0, 0.1) is 0 Å². The first-order valence-corrected chi connectivity index (χ1v) is 5.07. The van der Waals surface area contributed by atoms with Crippen molar-refractivity contribution in [3.8, 4) is 5.75 Å². The third kappa shape index (κ3) is 1.90. The Kier molecular flexibility index (Phi) is 2.73. The van der Waals surface area contributed by atoms with Crippen LogP contribution in [-0.4, -0.2) is 13.2 Å². The highest BCUT2D eigenvalue weighted by Crippen LogP contribution is 2.28. The standard InChI is InChI=1S/C12H16O2/c1-9-3-5-11-6-4-10(8-13-2)7-12(11)14-9/h4,6-7,9H,3,5,8H2,1-2H3. The van der Waals surface area contributed by atoms with Crippen molar-refractivity contribution in [2.24, 2.45) is 0 Å². The summed E-state index contributed by atoms with van der Waals surface area (Å²) in [5, 5.41) is 0. The van der Waals surface area contributed by atoms with E-state index in [1.807, 2.05) is 0 Å². The Labute approximate surface area is 84.8 Å². The highest BCUT2D eigenvalue weighted by Gasteiger charge is 2.15. The summed E-state index contributed by atoms with van der Waals surface area (Å²) >= 11 is 0.